The molecule has 0 N–H and O–H groups in total. The third kappa shape index (κ3) is 2.88. The number of ketones is 1. The Kier molecular flexibility index (Phi) is 2.49. The van der Waals surface area contributed by atoms with Crippen LogP contribution in [0.1, 0.15) is 22.8 Å². The summed E-state index contributed by atoms with van der Waals surface area (Å²) >= 11 is 5.91. The first-order valence-corrected chi connectivity index (χ1v) is 6.67. The molecule has 0 aliphatic heterocycles. The van der Waals surface area contributed by atoms with Gasteiger partial charge in [-0.15, -0.1) is 0 Å². The zero-order valence-electron chi connectivity index (χ0n) is 15.9. The molecule has 0 radical (unpaired) electrons. The van der Waals surface area contributed by atoms with Gasteiger partial charge in [0.2, 0.25) is 0 Å². The van der Waals surface area contributed by atoms with Crippen LogP contribution < -0.4 is 0 Å². The van der Waals surface area contributed by atoms with E-state index in [1.54, 1.807) is 48.5 Å². The minimum atomic E-state index is -0.618. The van der Waals surface area contributed by atoms with Crippen molar-refractivity contribution in [2.75, 3.05) is 0 Å². The lowest BCUT2D eigenvalue weighted by atomic mass is 9.94. The summed E-state index contributed by atoms with van der Waals surface area (Å²) in [5.41, 5.74) is 1.26. The minimum absolute atomic E-state index is 0.258. The van der Waals surface area contributed by atoms with Crippen LogP contribution in [-0.2, 0) is 0 Å². The van der Waals surface area contributed by atoms with E-state index in [1.807, 2.05) is 0 Å². The molecule has 3 aromatic rings. The number of carbonyl (C=O) groups excluding carboxylic acids is 1. The van der Waals surface area contributed by atoms with Crippen LogP contribution in [0.15, 0.2) is 78.7 Å². The number of rotatable bonds is 3. The molecule has 1 nitrogen and oxygen atoms in total. The fourth-order valence-electron chi connectivity index (χ4n) is 2.06. The molecule has 0 saturated carbocycles. The van der Waals surface area contributed by atoms with E-state index in [1.165, 1.54) is 0 Å². The van der Waals surface area contributed by atoms with Crippen LogP contribution in [0.3, 0.4) is 0 Å². The van der Waals surface area contributed by atoms with Gasteiger partial charge in [0.05, 0.1) is 6.85 Å². The second kappa shape index (κ2) is 5.94. The maximum Gasteiger partial charge on any atom is 0.193 e. The highest BCUT2D eigenvalue weighted by molar-refractivity contribution is 6.30. The van der Waals surface area contributed by atoms with E-state index in [0.717, 1.165) is 5.56 Å². The lowest BCUT2D eigenvalue weighted by molar-refractivity contribution is 0.103. The molecule has 2 heteroatoms. The summed E-state index contributed by atoms with van der Waals surface area (Å²) in [5, 5.41) is 0.558. The second-order valence-electron chi connectivity index (χ2n) is 4.38. The fourth-order valence-corrected chi connectivity index (χ4v) is 2.19. The van der Waals surface area contributed by atoms with Crippen LogP contribution in [0.4, 0.5) is 0 Å². The smallest absolute Gasteiger partial charge is 0.193 e. The maximum atomic E-state index is 13.1. The molecule has 0 saturated heterocycles. The fraction of sp³-hybridized carbons (Fsp3) is 0. The van der Waals surface area contributed by atoms with Crippen LogP contribution in [0.25, 0.3) is 11.1 Å². The Balaban J connectivity index is 2.21. The van der Waals surface area contributed by atoms with Gasteiger partial charge < -0.3 is 0 Å². The Hall–Kier alpha value is -2.38. The van der Waals surface area contributed by atoms with Crippen molar-refractivity contribution in [2.24, 2.45) is 0 Å². The molecular weight excluding hydrogens is 280 g/mol. The largest absolute Gasteiger partial charge is 0.289 e. The van der Waals surface area contributed by atoms with Gasteiger partial charge >= 0.3 is 0 Å². The number of benzene rings is 3. The Bertz CT molecular complexity index is 986. The van der Waals surface area contributed by atoms with Crippen molar-refractivity contribution >= 4 is 17.4 Å². The van der Waals surface area contributed by atoms with Gasteiger partial charge in [-0.2, -0.15) is 0 Å². The second-order valence-corrected chi connectivity index (χ2v) is 4.82. The van der Waals surface area contributed by atoms with Crippen molar-refractivity contribution < 1.29 is 11.6 Å². The highest BCUT2D eigenvalue weighted by atomic mass is 35.5. The predicted molar refractivity (Wildman–Crippen MR) is 86.8 cm³/mol. The van der Waals surface area contributed by atoms with Gasteiger partial charge in [-0.25, -0.2) is 0 Å². The van der Waals surface area contributed by atoms with Gasteiger partial charge in [-0.1, -0.05) is 78.2 Å². The van der Waals surface area contributed by atoms with Gasteiger partial charge in [0.25, 0.3) is 0 Å². The predicted octanol–water partition coefficient (Wildman–Crippen LogP) is 5.24. The third-order valence-corrected chi connectivity index (χ3v) is 3.31. The third-order valence-electron chi connectivity index (χ3n) is 3.05. The first-order chi connectivity index (χ1) is 12.3. The Morgan fingerprint density at radius 1 is 0.905 bits per heavy atom. The number of carbonyl (C=O) groups is 1. The zero-order chi connectivity index (χ0) is 19.0. The first-order valence-electron chi connectivity index (χ1n) is 8.79. The van der Waals surface area contributed by atoms with E-state index in [4.69, 9.17) is 18.5 Å². The molecule has 0 heterocycles. The first kappa shape index (κ1) is 8.81. The van der Waals surface area contributed by atoms with Gasteiger partial charge in [-0.3, -0.25) is 4.79 Å². The highest BCUT2D eigenvalue weighted by Crippen LogP contribution is 2.26. The van der Waals surface area contributed by atoms with Crippen molar-refractivity contribution in [3.63, 3.8) is 0 Å². The molecule has 102 valence electrons. The molecule has 0 atom stereocenters. The van der Waals surface area contributed by atoms with Crippen LogP contribution in [0.5, 0.6) is 0 Å². The summed E-state index contributed by atoms with van der Waals surface area (Å²) in [6.45, 7) is 0. The average molecular weight is 298 g/mol. The molecule has 3 rings (SSSR count). The van der Waals surface area contributed by atoms with Gasteiger partial charge in [-0.05, 0) is 23.3 Å². The summed E-state index contributed by atoms with van der Waals surface area (Å²) in [7, 11) is 0. The zero-order valence-corrected chi connectivity index (χ0v) is 11.7. The number of hydrogen-bond acceptors (Lipinski definition) is 1. The molecule has 0 aromatic heterocycles. The monoisotopic (exact) mass is 297 g/mol. The van der Waals surface area contributed by atoms with Crippen molar-refractivity contribution in [3.05, 3.63) is 94.9 Å². The normalized spacial score (nSPS) is 13.7. The van der Waals surface area contributed by atoms with Crippen molar-refractivity contribution in [1.82, 2.24) is 0 Å². The summed E-state index contributed by atoms with van der Waals surface area (Å²) < 4.78 is 39.2. The molecule has 0 aliphatic carbocycles. The molecule has 0 unspecified atom stereocenters. The van der Waals surface area contributed by atoms with Crippen molar-refractivity contribution in [2.45, 2.75) is 0 Å². The minimum Gasteiger partial charge on any atom is -0.289 e. The van der Waals surface area contributed by atoms with Crippen LogP contribution >= 0.6 is 11.6 Å². The summed E-state index contributed by atoms with van der Waals surface area (Å²) in [4.78, 5) is 13.1. The standard InChI is InChI=1S/C19H13ClO/c20-16-12-10-14(11-13-16)17-8-4-5-9-18(17)19(21)15-6-2-1-3-7-15/h1-13H/i1D,2D,3D,6D,7D. The van der Waals surface area contributed by atoms with E-state index in [0.29, 0.717) is 10.6 Å². The van der Waals surface area contributed by atoms with Gasteiger partial charge in [0.1, 0.15) is 0 Å². The summed E-state index contributed by atoms with van der Waals surface area (Å²) in [6, 6.07) is 11.1. The van der Waals surface area contributed by atoms with Crippen molar-refractivity contribution in [3.8, 4) is 11.1 Å². The lowest BCUT2D eigenvalue weighted by Gasteiger charge is -2.09. The van der Waals surface area contributed by atoms with Gasteiger partial charge in [0, 0.05) is 16.1 Å². The Labute approximate surface area is 135 Å². The molecule has 0 amide bonds. The average Bonchev–Trinajstić information content (AvgIpc) is 2.65. The van der Waals surface area contributed by atoms with Crippen molar-refractivity contribution in [1.29, 1.82) is 0 Å². The maximum absolute atomic E-state index is 13.1. The van der Waals surface area contributed by atoms with E-state index >= 15 is 0 Å². The Morgan fingerprint density at radius 3 is 2.29 bits per heavy atom. The molecule has 0 aliphatic rings. The van der Waals surface area contributed by atoms with E-state index in [-0.39, 0.29) is 11.1 Å². The van der Waals surface area contributed by atoms with Crippen LogP contribution in [0, 0.1) is 0 Å². The molecule has 21 heavy (non-hydrogen) atoms. The topological polar surface area (TPSA) is 17.1 Å². The van der Waals surface area contributed by atoms with Crippen LogP contribution in [-0.4, -0.2) is 5.78 Å². The molecule has 3 aromatic carbocycles. The summed E-state index contributed by atoms with van der Waals surface area (Å²) in [5.74, 6) is -0.618. The Morgan fingerprint density at radius 2 is 1.57 bits per heavy atom. The number of halogens is 1. The lowest BCUT2D eigenvalue weighted by Crippen LogP contribution is -2.03. The van der Waals surface area contributed by atoms with Gasteiger partial charge in [0.15, 0.2) is 5.78 Å². The van der Waals surface area contributed by atoms with Crippen LogP contribution in [0.2, 0.25) is 5.02 Å². The van der Waals surface area contributed by atoms with E-state index in [9.17, 15) is 4.79 Å². The summed E-state index contributed by atoms with van der Waals surface area (Å²) in [6.07, 6.45) is 0. The van der Waals surface area contributed by atoms with E-state index < -0.39 is 36.0 Å². The quantitative estimate of drug-likeness (QED) is 0.604. The molecule has 0 spiro atoms. The number of hydrogen-bond donors (Lipinski definition) is 0. The SMILES string of the molecule is [2H]c1c([2H])c([2H])c(C(=O)c2ccccc2-c2ccc(Cl)cc2)c([2H])c1[2H]. The molecule has 0 bridgehead atoms. The highest BCUT2D eigenvalue weighted by Gasteiger charge is 2.13. The molecular formula is C19H13ClO. The molecule has 0 fully saturated rings. The van der Waals surface area contributed by atoms with E-state index in [2.05, 4.69) is 0 Å².